The van der Waals surface area contributed by atoms with Crippen molar-refractivity contribution in [2.75, 3.05) is 0 Å². The van der Waals surface area contributed by atoms with Crippen molar-refractivity contribution in [3.05, 3.63) is 0 Å². The minimum Gasteiger partial charge on any atom is -0.393 e. The lowest BCUT2D eigenvalue weighted by Crippen LogP contribution is -2.41. The van der Waals surface area contributed by atoms with Gasteiger partial charge in [0.2, 0.25) is 0 Å². The highest BCUT2D eigenvalue weighted by molar-refractivity contribution is 5.79. The molecule has 0 spiro atoms. The highest BCUT2D eigenvalue weighted by Crippen LogP contribution is 2.55. The van der Waals surface area contributed by atoms with E-state index in [1.807, 2.05) is 0 Å². The van der Waals surface area contributed by atoms with Crippen LogP contribution in [-0.2, 0) is 4.79 Å². The number of aliphatic hydroxyl groups is 1. The first-order chi connectivity index (χ1) is 6.55. The molecule has 0 aromatic rings. The van der Waals surface area contributed by atoms with Crippen LogP contribution in [0.5, 0.6) is 0 Å². The predicted molar refractivity (Wildman–Crippen MR) is 54.9 cm³/mol. The third kappa shape index (κ3) is 1.31. The molecule has 0 aromatic carbocycles. The largest absolute Gasteiger partial charge is 0.393 e. The lowest BCUT2D eigenvalue weighted by molar-refractivity contribution is -0.126. The molecule has 2 heteroatoms. The minimum absolute atomic E-state index is 0.101. The summed E-state index contributed by atoms with van der Waals surface area (Å²) in [5, 5.41) is 9.93. The summed E-state index contributed by atoms with van der Waals surface area (Å²) in [6.07, 6.45) is 5.02. The maximum atomic E-state index is 11.5. The van der Waals surface area contributed by atoms with Gasteiger partial charge in [0.1, 0.15) is 5.78 Å². The molecule has 0 aromatic heterocycles. The van der Waals surface area contributed by atoms with E-state index in [2.05, 4.69) is 6.92 Å². The van der Waals surface area contributed by atoms with Crippen LogP contribution in [0.3, 0.4) is 0 Å². The molecule has 2 nitrogen and oxygen atoms in total. The Hall–Kier alpha value is -0.370. The van der Waals surface area contributed by atoms with E-state index in [1.165, 1.54) is 0 Å². The summed E-state index contributed by atoms with van der Waals surface area (Å²) in [6, 6.07) is 0. The molecule has 0 radical (unpaired) electrons. The van der Waals surface area contributed by atoms with E-state index in [-0.39, 0.29) is 17.4 Å². The first kappa shape index (κ1) is 10.2. The molecular weight excluding hydrogens is 176 g/mol. The van der Waals surface area contributed by atoms with Crippen molar-refractivity contribution in [2.24, 2.45) is 17.3 Å². The highest BCUT2D eigenvalue weighted by atomic mass is 16.3. The van der Waals surface area contributed by atoms with Gasteiger partial charge >= 0.3 is 0 Å². The Balaban J connectivity index is 2.24. The molecule has 1 N–H and O–H groups in total. The van der Waals surface area contributed by atoms with Crippen LogP contribution in [0.2, 0.25) is 0 Å². The van der Waals surface area contributed by atoms with Crippen molar-refractivity contribution >= 4 is 5.78 Å². The number of fused-ring (bicyclic) bond motifs is 1. The SMILES string of the molecule is CC(=O)C1CCC2C(O)CCC[C@]12C. The van der Waals surface area contributed by atoms with E-state index in [9.17, 15) is 9.90 Å². The standard InChI is InChI=1S/C12H20O2/c1-8(13)9-5-6-10-11(14)4-3-7-12(9,10)2/h9-11,14H,3-7H2,1-2H3/t9?,10?,11?,12-/m1/s1. The van der Waals surface area contributed by atoms with Crippen LogP contribution in [-0.4, -0.2) is 17.0 Å². The lowest BCUT2D eigenvalue weighted by atomic mass is 9.63. The van der Waals surface area contributed by atoms with Crippen molar-refractivity contribution < 1.29 is 9.90 Å². The third-order valence-electron chi connectivity index (χ3n) is 4.58. The number of aliphatic hydroxyl groups excluding tert-OH is 1. The Morgan fingerprint density at radius 3 is 2.71 bits per heavy atom. The van der Waals surface area contributed by atoms with Crippen molar-refractivity contribution in [1.82, 2.24) is 0 Å². The molecule has 2 aliphatic rings. The Kier molecular flexibility index (Phi) is 2.42. The van der Waals surface area contributed by atoms with Crippen LogP contribution in [0.25, 0.3) is 0 Å². The second kappa shape index (κ2) is 3.34. The Bertz CT molecular complexity index is 249. The molecule has 0 saturated heterocycles. The molecule has 3 unspecified atom stereocenters. The average Bonchev–Trinajstić information content (AvgIpc) is 2.43. The molecule has 0 bridgehead atoms. The Morgan fingerprint density at radius 2 is 2.07 bits per heavy atom. The summed E-state index contributed by atoms with van der Waals surface area (Å²) in [5.74, 6) is 0.914. The molecule has 2 rings (SSSR count). The minimum atomic E-state index is -0.155. The molecule has 0 amide bonds. The maximum absolute atomic E-state index is 11.5. The van der Waals surface area contributed by atoms with Crippen LogP contribution in [0, 0.1) is 17.3 Å². The zero-order valence-corrected chi connectivity index (χ0v) is 9.12. The maximum Gasteiger partial charge on any atom is 0.133 e. The number of ketones is 1. The fraction of sp³-hybridized carbons (Fsp3) is 0.917. The first-order valence-electron chi connectivity index (χ1n) is 5.74. The van der Waals surface area contributed by atoms with Gasteiger partial charge < -0.3 is 5.11 Å². The Morgan fingerprint density at radius 1 is 1.36 bits per heavy atom. The number of carbonyl (C=O) groups is 1. The summed E-state index contributed by atoms with van der Waals surface area (Å²) in [7, 11) is 0. The summed E-state index contributed by atoms with van der Waals surface area (Å²) < 4.78 is 0. The van der Waals surface area contributed by atoms with Gasteiger partial charge in [0, 0.05) is 5.92 Å². The van der Waals surface area contributed by atoms with Crippen molar-refractivity contribution in [3.8, 4) is 0 Å². The number of hydrogen-bond acceptors (Lipinski definition) is 2. The predicted octanol–water partition coefficient (Wildman–Crippen LogP) is 2.15. The van der Waals surface area contributed by atoms with Gasteiger partial charge in [-0.1, -0.05) is 13.3 Å². The van der Waals surface area contributed by atoms with E-state index in [0.717, 1.165) is 32.1 Å². The van der Waals surface area contributed by atoms with E-state index in [4.69, 9.17) is 0 Å². The Labute approximate surface area is 85.7 Å². The number of Topliss-reactive ketones (excluding diaryl/α,β-unsaturated/α-hetero) is 1. The fourth-order valence-electron chi connectivity index (χ4n) is 3.82. The quantitative estimate of drug-likeness (QED) is 0.697. The van der Waals surface area contributed by atoms with Gasteiger partial charge in [-0.15, -0.1) is 0 Å². The normalized spacial score (nSPS) is 47.5. The van der Waals surface area contributed by atoms with Crippen molar-refractivity contribution in [1.29, 1.82) is 0 Å². The van der Waals surface area contributed by atoms with Gasteiger partial charge in [-0.3, -0.25) is 4.79 Å². The van der Waals surface area contributed by atoms with Crippen LogP contribution < -0.4 is 0 Å². The fourth-order valence-corrected chi connectivity index (χ4v) is 3.82. The van der Waals surface area contributed by atoms with Gasteiger partial charge in [-0.05, 0) is 43.9 Å². The van der Waals surface area contributed by atoms with Gasteiger partial charge in [0.15, 0.2) is 0 Å². The third-order valence-corrected chi connectivity index (χ3v) is 4.58. The van der Waals surface area contributed by atoms with Crippen LogP contribution in [0.1, 0.15) is 46.0 Å². The summed E-state index contributed by atoms with van der Waals surface area (Å²) >= 11 is 0. The van der Waals surface area contributed by atoms with E-state index in [0.29, 0.717) is 11.7 Å². The summed E-state index contributed by atoms with van der Waals surface area (Å²) in [6.45, 7) is 3.92. The smallest absolute Gasteiger partial charge is 0.133 e. The zero-order valence-electron chi connectivity index (χ0n) is 9.12. The van der Waals surface area contributed by atoms with Crippen LogP contribution >= 0.6 is 0 Å². The summed E-state index contributed by atoms with van der Waals surface area (Å²) in [5.41, 5.74) is 0.101. The van der Waals surface area contributed by atoms with Gasteiger partial charge in [0.25, 0.3) is 0 Å². The molecule has 2 aliphatic carbocycles. The molecule has 0 heterocycles. The molecule has 2 saturated carbocycles. The topological polar surface area (TPSA) is 37.3 Å². The van der Waals surface area contributed by atoms with Crippen molar-refractivity contribution in [3.63, 3.8) is 0 Å². The molecule has 2 fully saturated rings. The van der Waals surface area contributed by atoms with E-state index < -0.39 is 0 Å². The number of hydrogen-bond donors (Lipinski definition) is 1. The molecule has 4 atom stereocenters. The lowest BCUT2D eigenvalue weighted by Gasteiger charge is -2.42. The average molecular weight is 196 g/mol. The molecule has 0 aliphatic heterocycles. The van der Waals surface area contributed by atoms with E-state index >= 15 is 0 Å². The van der Waals surface area contributed by atoms with Crippen molar-refractivity contribution in [2.45, 2.75) is 52.1 Å². The van der Waals surface area contributed by atoms with E-state index in [1.54, 1.807) is 6.92 Å². The first-order valence-corrected chi connectivity index (χ1v) is 5.74. The molecule has 14 heavy (non-hydrogen) atoms. The van der Waals surface area contributed by atoms with Crippen LogP contribution in [0.4, 0.5) is 0 Å². The van der Waals surface area contributed by atoms with Gasteiger partial charge in [-0.25, -0.2) is 0 Å². The zero-order chi connectivity index (χ0) is 10.3. The molecular formula is C12H20O2. The number of carbonyl (C=O) groups excluding carboxylic acids is 1. The number of rotatable bonds is 1. The monoisotopic (exact) mass is 196 g/mol. The second-order valence-electron chi connectivity index (χ2n) is 5.31. The second-order valence-corrected chi connectivity index (χ2v) is 5.31. The van der Waals surface area contributed by atoms with Crippen LogP contribution in [0.15, 0.2) is 0 Å². The van der Waals surface area contributed by atoms with Gasteiger partial charge in [0.05, 0.1) is 6.10 Å². The van der Waals surface area contributed by atoms with Gasteiger partial charge in [-0.2, -0.15) is 0 Å². The highest BCUT2D eigenvalue weighted by Gasteiger charge is 2.52. The summed E-state index contributed by atoms with van der Waals surface area (Å²) in [4.78, 5) is 11.5. The molecule has 80 valence electrons.